The third-order valence-corrected chi connectivity index (χ3v) is 5.09. The third kappa shape index (κ3) is 4.26. The van der Waals surface area contributed by atoms with E-state index in [0.717, 1.165) is 35.6 Å². The van der Waals surface area contributed by atoms with Crippen molar-refractivity contribution in [3.05, 3.63) is 65.0 Å². The van der Waals surface area contributed by atoms with Crippen LogP contribution in [-0.4, -0.2) is 39.2 Å². The number of anilines is 2. The predicted molar refractivity (Wildman–Crippen MR) is 106 cm³/mol. The Labute approximate surface area is 167 Å². The molecule has 4 rings (SSSR count). The van der Waals surface area contributed by atoms with Crippen LogP contribution in [0, 0.1) is 19.7 Å². The highest BCUT2D eigenvalue weighted by Gasteiger charge is 2.29. The summed E-state index contributed by atoms with van der Waals surface area (Å²) in [6.45, 7) is 4.89. The zero-order valence-electron chi connectivity index (χ0n) is 16.4. The molecule has 3 heterocycles. The molecule has 1 amide bonds. The average molecular weight is 395 g/mol. The number of likely N-dealkylation sites (tertiary alicyclic amines) is 1. The summed E-state index contributed by atoms with van der Waals surface area (Å²) in [6, 6.07) is 10.2. The Kier molecular flexibility index (Phi) is 5.24. The maximum absolute atomic E-state index is 13.1. The van der Waals surface area contributed by atoms with Crippen molar-refractivity contribution in [2.24, 2.45) is 0 Å². The molecule has 1 aliphatic heterocycles. The second-order valence-corrected chi connectivity index (χ2v) is 7.34. The van der Waals surface area contributed by atoms with E-state index in [2.05, 4.69) is 20.3 Å². The molecule has 1 aliphatic rings. The monoisotopic (exact) mass is 395 g/mol. The van der Waals surface area contributed by atoms with Gasteiger partial charge in [-0.2, -0.15) is 0 Å². The first-order valence-corrected chi connectivity index (χ1v) is 9.59. The Morgan fingerprint density at radius 1 is 1.17 bits per heavy atom. The summed E-state index contributed by atoms with van der Waals surface area (Å²) in [5.41, 5.74) is 4.27. The molecular formula is C21H22FN5O2. The molecule has 0 bridgehead atoms. The second-order valence-electron chi connectivity index (χ2n) is 7.34. The van der Waals surface area contributed by atoms with Crippen LogP contribution in [0.2, 0.25) is 0 Å². The molecule has 150 valence electrons. The van der Waals surface area contributed by atoms with E-state index in [9.17, 15) is 9.18 Å². The third-order valence-electron chi connectivity index (χ3n) is 5.09. The van der Waals surface area contributed by atoms with Crippen LogP contribution in [0.1, 0.15) is 46.3 Å². The zero-order valence-corrected chi connectivity index (χ0v) is 16.4. The Morgan fingerprint density at radius 3 is 2.69 bits per heavy atom. The van der Waals surface area contributed by atoms with Crippen LogP contribution >= 0.6 is 0 Å². The fraction of sp³-hybridized carbons (Fsp3) is 0.333. The molecule has 0 aliphatic carbocycles. The lowest BCUT2D eigenvalue weighted by Crippen LogP contribution is -2.39. The lowest BCUT2D eigenvalue weighted by molar-refractivity contribution is 0.0694. The van der Waals surface area contributed by atoms with E-state index in [1.807, 2.05) is 19.1 Å². The van der Waals surface area contributed by atoms with Crippen LogP contribution in [0.25, 0.3) is 0 Å². The van der Waals surface area contributed by atoms with Crippen LogP contribution in [0.3, 0.4) is 0 Å². The summed E-state index contributed by atoms with van der Waals surface area (Å²) >= 11 is 0. The van der Waals surface area contributed by atoms with Crippen LogP contribution < -0.4 is 5.32 Å². The van der Waals surface area contributed by atoms with Gasteiger partial charge in [0.05, 0.1) is 0 Å². The molecule has 1 N–H and O–H groups in total. The molecule has 1 aromatic carbocycles. The number of nitrogens with zero attached hydrogens (tertiary/aromatic N) is 4. The molecule has 0 unspecified atom stereocenters. The van der Waals surface area contributed by atoms with Crippen molar-refractivity contribution in [1.29, 1.82) is 0 Å². The quantitative estimate of drug-likeness (QED) is 0.719. The largest absolute Gasteiger partial charge is 0.355 e. The van der Waals surface area contributed by atoms with E-state index < -0.39 is 0 Å². The molecule has 3 aromatic rings. The summed E-state index contributed by atoms with van der Waals surface area (Å²) in [6.07, 6.45) is 1.84. The SMILES string of the molecule is Cc1cc(Nc2ccc(F)cc2)cc([C@H]2CCCN(C(=O)c3nonc3C)C2)n1. The van der Waals surface area contributed by atoms with Crippen LogP contribution in [0.4, 0.5) is 15.8 Å². The standard InChI is InChI=1S/C21H22FN5O2/c1-13-10-18(24-17-7-5-16(22)6-8-17)11-19(23-13)15-4-3-9-27(12-15)21(28)20-14(2)25-29-26-20/h5-8,10-11,15H,3-4,9,12H2,1-2H3,(H,23,24)/t15-/m0/s1. The van der Waals surface area contributed by atoms with Gasteiger partial charge in [0.2, 0.25) is 0 Å². The maximum atomic E-state index is 13.1. The van der Waals surface area contributed by atoms with E-state index in [0.29, 0.717) is 18.8 Å². The molecule has 0 saturated carbocycles. The Bertz CT molecular complexity index is 1020. The van der Waals surface area contributed by atoms with Gasteiger partial charge in [0.25, 0.3) is 5.91 Å². The summed E-state index contributed by atoms with van der Waals surface area (Å²) in [7, 11) is 0. The van der Waals surface area contributed by atoms with Crippen molar-refractivity contribution in [2.45, 2.75) is 32.6 Å². The van der Waals surface area contributed by atoms with Crippen LogP contribution in [0.15, 0.2) is 41.0 Å². The summed E-state index contributed by atoms with van der Waals surface area (Å²) in [4.78, 5) is 19.3. The molecule has 2 aromatic heterocycles. The van der Waals surface area contributed by atoms with Gasteiger partial charge in [0.1, 0.15) is 11.5 Å². The molecule has 8 heteroatoms. The first-order valence-electron chi connectivity index (χ1n) is 9.59. The van der Waals surface area contributed by atoms with Gasteiger partial charge >= 0.3 is 0 Å². The molecule has 29 heavy (non-hydrogen) atoms. The number of amides is 1. The van der Waals surface area contributed by atoms with Gasteiger partial charge in [-0.1, -0.05) is 5.16 Å². The van der Waals surface area contributed by atoms with Gasteiger partial charge in [-0.05, 0) is 68.2 Å². The highest BCUT2D eigenvalue weighted by molar-refractivity contribution is 5.93. The lowest BCUT2D eigenvalue weighted by Gasteiger charge is -2.32. The first kappa shape index (κ1) is 19.0. The number of halogens is 1. The van der Waals surface area contributed by atoms with Gasteiger partial charge in [0.15, 0.2) is 5.69 Å². The van der Waals surface area contributed by atoms with E-state index >= 15 is 0 Å². The molecule has 1 fully saturated rings. The number of aromatic nitrogens is 3. The Hall–Kier alpha value is -3.29. The molecular weight excluding hydrogens is 373 g/mol. The Balaban J connectivity index is 1.53. The summed E-state index contributed by atoms with van der Waals surface area (Å²) in [5, 5.41) is 10.7. The van der Waals surface area contributed by atoms with Crippen molar-refractivity contribution >= 4 is 17.3 Å². The fourth-order valence-corrected chi connectivity index (χ4v) is 3.65. The van der Waals surface area contributed by atoms with Crippen molar-refractivity contribution in [3.63, 3.8) is 0 Å². The van der Waals surface area contributed by atoms with Gasteiger partial charge in [0, 0.05) is 41.8 Å². The summed E-state index contributed by atoms with van der Waals surface area (Å²) in [5.74, 6) is -0.307. The van der Waals surface area contributed by atoms with E-state index in [4.69, 9.17) is 4.98 Å². The van der Waals surface area contributed by atoms with Crippen molar-refractivity contribution in [1.82, 2.24) is 20.2 Å². The second kappa shape index (κ2) is 7.98. The number of piperidine rings is 1. The maximum Gasteiger partial charge on any atom is 0.278 e. The number of carbonyl (C=O) groups excluding carboxylic acids is 1. The van der Waals surface area contributed by atoms with E-state index in [1.54, 1.807) is 24.0 Å². The molecule has 0 spiro atoms. The molecule has 7 nitrogen and oxygen atoms in total. The minimum absolute atomic E-state index is 0.126. The number of carbonyl (C=O) groups is 1. The predicted octanol–water partition coefficient (Wildman–Crippen LogP) is 3.98. The van der Waals surface area contributed by atoms with Gasteiger partial charge in [-0.25, -0.2) is 9.02 Å². The molecule has 1 atom stereocenters. The summed E-state index contributed by atoms with van der Waals surface area (Å²) < 4.78 is 17.8. The molecule has 0 radical (unpaired) electrons. The number of aryl methyl sites for hydroxylation is 2. The lowest BCUT2D eigenvalue weighted by atomic mass is 9.93. The van der Waals surface area contributed by atoms with E-state index in [1.165, 1.54) is 12.1 Å². The number of pyridine rings is 1. The average Bonchev–Trinajstić information content (AvgIpc) is 3.15. The highest BCUT2D eigenvalue weighted by Crippen LogP contribution is 2.29. The van der Waals surface area contributed by atoms with Crippen LogP contribution in [0.5, 0.6) is 0 Å². The number of hydrogen-bond acceptors (Lipinski definition) is 6. The minimum Gasteiger partial charge on any atom is -0.355 e. The molecule has 1 saturated heterocycles. The van der Waals surface area contributed by atoms with Crippen molar-refractivity contribution < 1.29 is 13.8 Å². The fourth-order valence-electron chi connectivity index (χ4n) is 3.65. The van der Waals surface area contributed by atoms with Gasteiger partial charge in [-0.15, -0.1) is 0 Å². The normalized spacial score (nSPS) is 16.7. The number of hydrogen-bond donors (Lipinski definition) is 1. The minimum atomic E-state index is -0.272. The zero-order chi connectivity index (χ0) is 20.4. The number of nitrogens with one attached hydrogen (secondary N) is 1. The van der Waals surface area contributed by atoms with Gasteiger partial charge in [-0.3, -0.25) is 9.78 Å². The number of benzene rings is 1. The van der Waals surface area contributed by atoms with Crippen molar-refractivity contribution in [2.75, 3.05) is 18.4 Å². The smallest absolute Gasteiger partial charge is 0.278 e. The first-order chi connectivity index (χ1) is 14.0. The van der Waals surface area contributed by atoms with Crippen molar-refractivity contribution in [3.8, 4) is 0 Å². The van der Waals surface area contributed by atoms with Crippen LogP contribution in [-0.2, 0) is 0 Å². The van der Waals surface area contributed by atoms with Gasteiger partial charge < -0.3 is 10.2 Å². The highest BCUT2D eigenvalue weighted by atomic mass is 19.1. The number of rotatable bonds is 4. The Morgan fingerprint density at radius 2 is 1.97 bits per heavy atom. The topological polar surface area (TPSA) is 84.2 Å². The van der Waals surface area contributed by atoms with E-state index in [-0.39, 0.29) is 23.3 Å².